The van der Waals surface area contributed by atoms with Gasteiger partial charge in [-0.1, -0.05) is 18.2 Å². The van der Waals surface area contributed by atoms with E-state index in [9.17, 15) is 14.4 Å². The van der Waals surface area contributed by atoms with Gasteiger partial charge in [0.1, 0.15) is 0 Å². The Morgan fingerprint density at radius 2 is 1.74 bits per heavy atom. The summed E-state index contributed by atoms with van der Waals surface area (Å²) in [6.07, 6.45) is 3.03. The van der Waals surface area contributed by atoms with Crippen molar-refractivity contribution in [3.05, 3.63) is 46.7 Å². The molecule has 1 aromatic heterocycles. The molecule has 8 heteroatoms. The van der Waals surface area contributed by atoms with Crippen LogP contribution in [-0.2, 0) is 9.59 Å². The first-order chi connectivity index (χ1) is 15.0. The van der Waals surface area contributed by atoms with Crippen LogP contribution in [0.4, 0.5) is 11.4 Å². The van der Waals surface area contributed by atoms with E-state index in [1.54, 1.807) is 4.90 Å². The van der Waals surface area contributed by atoms with Gasteiger partial charge in [0, 0.05) is 32.1 Å². The number of hydrogen-bond donors (Lipinski definition) is 2. The topological polar surface area (TPSA) is 95.7 Å². The molecule has 1 unspecified atom stereocenters. The zero-order valence-electron chi connectivity index (χ0n) is 17.5. The second kappa shape index (κ2) is 9.51. The van der Waals surface area contributed by atoms with Crippen LogP contribution in [0.3, 0.4) is 0 Å². The predicted molar refractivity (Wildman–Crippen MR) is 122 cm³/mol. The molecule has 1 atom stereocenters. The van der Waals surface area contributed by atoms with Gasteiger partial charge in [-0.15, -0.1) is 11.3 Å². The number of amides is 3. The van der Waals surface area contributed by atoms with Crippen LogP contribution in [0.15, 0.2) is 41.8 Å². The molecule has 3 N–H and O–H groups in total. The second-order valence-electron chi connectivity index (χ2n) is 8.24. The summed E-state index contributed by atoms with van der Waals surface area (Å²) in [4.78, 5) is 41.9. The number of nitrogens with two attached hydrogens (primary N) is 1. The van der Waals surface area contributed by atoms with Crippen molar-refractivity contribution >= 4 is 40.4 Å². The maximum absolute atomic E-state index is 13.1. The first-order valence-corrected chi connectivity index (χ1v) is 11.7. The van der Waals surface area contributed by atoms with Gasteiger partial charge < -0.3 is 20.9 Å². The van der Waals surface area contributed by atoms with Crippen molar-refractivity contribution in [2.75, 3.05) is 36.4 Å². The third kappa shape index (κ3) is 4.90. The molecule has 2 aliphatic rings. The zero-order chi connectivity index (χ0) is 21.8. The van der Waals surface area contributed by atoms with E-state index < -0.39 is 0 Å². The van der Waals surface area contributed by atoms with E-state index in [2.05, 4.69) is 10.2 Å². The van der Waals surface area contributed by atoms with Gasteiger partial charge in [0.2, 0.25) is 11.8 Å². The van der Waals surface area contributed by atoms with Crippen molar-refractivity contribution in [3.8, 4) is 0 Å². The van der Waals surface area contributed by atoms with Crippen molar-refractivity contribution < 1.29 is 14.4 Å². The number of nitrogens with zero attached hydrogens (tertiary/aromatic N) is 2. The summed E-state index contributed by atoms with van der Waals surface area (Å²) in [6, 6.07) is 11.5. The highest BCUT2D eigenvalue weighted by Crippen LogP contribution is 2.31. The highest BCUT2D eigenvalue weighted by molar-refractivity contribution is 7.12. The van der Waals surface area contributed by atoms with Crippen molar-refractivity contribution in [2.24, 2.45) is 17.6 Å². The maximum atomic E-state index is 13.1. The average Bonchev–Trinajstić information content (AvgIpc) is 3.34. The molecule has 0 saturated carbocycles. The minimum Gasteiger partial charge on any atom is -0.370 e. The third-order valence-corrected chi connectivity index (χ3v) is 7.07. The monoisotopic (exact) mass is 440 g/mol. The number of thiophene rings is 1. The molecular formula is C23H28N4O3S. The van der Waals surface area contributed by atoms with E-state index in [0.29, 0.717) is 18.0 Å². The van der Waals surface area contributed by atoms with Crippen molar-refractivity contribution in [3.63, 3.8) is 0 Å². The van der Waals surface area contributed by atoms with E-state index in [1.165, 1.54) is 11.3 Å². The quantitative estimate of drug-likeness (QED) is 0.747. The van der Waals surface area contributed by atoms with Crippen LogP contribution in [0, 0.1) is 11.8 Å². The van der Waals surface area contributed by atoms with E-state index in [0.717, 1.165) is 50.1 Å². The molecule has 2 fully saturated rings. The number of primary amides is 1. The van der Waals surface area contributed by atoms with E-state index in [4.69, 9.17) is 5.73 Å². The molecule has 2 aromatic rings. The smallest absolute Gasteiger partial charge is 0.263 e. The lowest BCUT2D eigenvalue weighted by Gasteiger charge is -2.34. The van der Waals surface area contributed by atoms with Crippen molar-refractivity contribution in [2.45, 2.75) is 25.7 Å². The number of piperidine rings is 2. The van der Waals surface area contributed by atoms with Crippen LogP contribution >= 0.6 is 11.3 Å². The first-order valence-electron chi connectivity index (χ1n) is 10.8. The Bertz CT molecular complexity index is 938. The number of hydrogen-bond acceptors (Lipinski definition) is 5. The number of rotatable bonds is 5. The maximum Gasteiger partial charge on any atom is 0.263 e. The Hall–Kier alpha value is -2.87. The summed E-state index contributed by atoms with van der Waals surface area (Å²) in [6.45, 7) is 2.58. The summed E-state index contributed by atoms with van der Waals surface area (Å²) in [7, 11) is 0. The lowest BCUT2D eigenvalue weighted by atomic mass is 9.95. The number of nitrogens with one attached hydrogen (secondary N) is 1. The molecule has 3 heterocycles. The Morgan fingerprint density at radius 3 is 2.45 bits per heavy atom. The van der Waals surface area contributed by atoms with Gasteiger partial charge >= 0.3 is 0 Å². The fourth-order valence-corrected chi connectivity index (χ4v) is 5.12. The van der Waals surface area contributed by atoms with Crippen LogP contribution in [0.25, 0.3) is 0 Å². The number of likely N-dealkylation sites (tertiary alicyclic amines) is 1. The van der Waals surface area contributed by atoms with Crippen LogP contribution in [-0.4, -0.2) is 48.8 Å². The first kappa shape index (κ1) is 21.4. The van der Waals surface area contributed by atoms with Crippen LogP contribution in [0.5, 0.6) is 0 Å². The molecule has 1 aromatic carbocycles. The molecule has 164 valence electrons. The predicted octanol–water partition coefficient (Wildman–Crippen LogP) is 2.94. The lowest BCUT2D eigenvalue weighted by molar-refractivity contribution is -0.122. The Kier molecular flexibility index (Phi) is 6.56. The number of para-hydroxylation sites is 2. The fraction of sp³-hybridized carbons (Fsp3) is 0.435. The molecule has 4 rings (SSSR count). The standard InChI is InChI=1S/C23H28N4O3S/c24-21(28)16-9-12-26(13-10-16)19-7-2-1-6-18(19)25-22(29)17-5-3-11-27(15-17)23(30)20-8-4-14-31-20/h1-2,4,6-8,14,16-17H,3,5,9-13,15H2,(H2,24,28)(H,25,29). The SMILES string of the molecule is NC(=O)C1CCN(c2ccccc2NC(=O)C2CCCN(C(=O)c3cccs3)C2)CC1. The van der Waals surface area contributed by atoms with E-state index in [-0.39, 0.29) is 29.6 Å². The summed E-state index contributed by atoms with van der Waals surface area (Å²) in [5, 5.41) is 4.99. The largest absolute Gasteiger partial charge is 0.370 e. The van der Waals surface area contributed by atoms with Gasteiger partial charge in [0.15, 0.2) is 0 Å². The third-order valence-electron chi connectivity index (χ3n) is 6.21. The highest BCUT2D eigenvalue weighted by atomic mass is 32.1. The van der Waals surface area contributed by atoms with Crippen LogP contribution in [0.2, 0.25) is 0 Å². The molecule has 0 bridgehead atoms. The Morgan fingerprint density at radius 1 is 0.968 bits per heavy atom. The number of carbonyl (C=O) groups is 3. The fourth-order valence-electron chi connectivity index (χ4n) is 4.43. The highest BCUT2D eigenvalue weighted by Gasteiger charge is 2.30. The molecule has 2 saturated heterocycles. The van der Waals surface area contributed by atoms with Crippen LogP contribution < -0.4 is 16.0 Å². The summed E-state index contributed by atoms with van der Waals surface area (Å²) in [5.74, 6) is -0.591. The average molecular weight is 441 g/mol. The van der Waals surface area contributed by atoms with Gasteiger partial charge in [-0.25, -0.2) is 0 Å². The Labute approximate surface area is 186 Å². The molecule has 0 spiro atoms. The molecule has 7 nitrogen and oxygen atoms in total. The van der Waals surface area contributed by atoms with Gasteiger partial charge in [0.05, 0.1) is 22.2 Å². The van der Waals surface area contributed by atoms with Crippen molar-refractivity contribution in [1.29, 1.82) is 0 Å². The van der Waals surface area contributed by atoms with Crippen LogP contribution in [0.1, 0.15) is 35.4 Å². The minimum atomic E-state index is -0.236. The molecular weight excluding hydrogens is 412 g/mol. The number of benzene rings is 1. The lowest BCUT2D eigenvalue weighted by Crippen LogP contribution is -2.43. The van der Waals surface area contributed by atoms with Gasteiger partial charge in [-0.05, 0) is 49.3 Å². The van der Waals surface area contributed by atoms with Crippen molar-refractivity contribution in [1.82, 2.24) is 4.90 Å². The van der Waals surface area contributed by atoms with E-state index >= 15 is 0 Å². The number of anilines is 2. The summed E-state index contributed by atoms with van der Waals surface area (Å²) >= 11 is 1.43. The molecule has 0 aliphatic carbocycles. The van der Waals surface area contributed by atoms with Gasteiger partial charge in [-0.2, -0.15) is 0 Å². The normalized spacial score (nSPS) is 19.8. The zero-order valence-corrected chi connectivity index (χ0v) is 18.3. The Balaban J connectivity index is 1.41. The summed E-state index contributed by atoms with van der Waals surface area (Å²) in [5.41, 5.74) is 7.18. The number of carbonyl (C=O) groups excluding carboxylic acids is 3. The molecule has 0 radical (unpaired) electrons. The van der Waals surface area contributed by atoms with Gasteiger partial charge in [0.25, 0.3) is 5.91 Å². The molecule has 31 heavy (non-hydrogen) atoms. The van der Waals surface area contributed by atoms with E-state index in [1.807, 2.05) is 41.8 Å². The van der Waals surface area contributed by atoms with Gasteiger partial charge in [-0.3, -0.25) is 14.4 Å². The molecule has 2 aliphatic heterocycles. The molecule has 3 amide bonds. The second-order valence-corrected chi connectivity index (χ2v) is 9.19. The minimum absolute atomic E-state index is 0.00484. The summed E-state index contributed by atoms with van der Waals surface area (Å²) < 4.78 is 0.